The Morgan fingerprint density at radius 3 is 0.781 bits per heavy atom. The second kappa shape index (κ2) is 43.6. The Hall–Kier alpha value is -3.24. The molecule has 64 heavy (non-hydrogen) atoms. The third-order valence-corrected chi connectivity index (χ3v) is 9.47. The van der Waals surface area contributed by atoms with Gasteiger partial charge in [0.15, 0.2) is 0 Å². The first kappa shape index (κ1) is 72.4. The molecule has 4 nitrogen and oxygen atoms in total. The normalized spacial score (nSPS) is 9.00. The van der Waals surface area contributed by atoms with Crippen molar-refractivity contribution in [3.05, 3.63) is 121 Å². The van der Waals surface area contributed by atoms with Gasteiger partial charge >= 0.3 is 0 Å². The topological polar surface area (TPSA) is 36.9 Å². The van der Waals surface area contributed by atoms with Gasteiger partial charge in [0, 0.05) is 22.3 Å². The van der Waals surface area contributed by atoms with Crippen LogP contribution in [0.5, 0.6) is 23.0 Å². The zero-order valence-corrected chi connectivity index (χ0v) is 44.5. The van der Waals surface area contributed by atoms with Crippen LogP contribution in [0.25, 0.3) is 43.8 Å². The van der Waals surface area contributed by atoms with E-state index in [1.165, 1.54) is 21.5 Å². The van der Waals surface area contributed by atoms with E-state index in [0.717, 1.165) is 45.3 Å². The Labute approximate surface area is 403 Å². The van der Waals surface area contributed by atoms with E-state index < -0.39 is 32.6 Å². The van der Waals surface area contributed by atoms with E-state index in [2.05, 4.69) is 138 Å². The third kappa shape index (κ3) is 23.8. The van der Waals surface area contributed by atoms with Crippen LogP contribution in [-0.2, 0) is 0 Å². The average molecular weight is 957 g/mol. The number of para-hydroxylation sites is 2. The van der Waals surface area contributed by atoms with Gasteiger partial charge in [-0.3, -0.25) is 0 Å². The fourth-order valence-electron chi connectivity index (χ4n) is 5.50. The van der Waals surface area contributed by atoms with Crippen LogP contribution < -0.4 is 18.1 Å². The van der Waals surface area contributed by atoms with Crippen molar-refractivity contribution in [3.8, 4) is 45.3 Å². The second-order valence-electron chi connectivity index (χ2n) is 11.9. The van der Waals surface area contributed by atoms with Crippen LogP contribution in [0.1, 0.15) is 113 Å². The molecule has 0 atom stereocenters. The van der Waals surface area contributed by atoms with Crippen LogP contribution in [0.2, 0.25) is 0 Å². The number of fused-ring (bicyclic) bond motifs is 2. The smallest absolute Gasteiger partial charge is 0.131 e. The van der Waals surface area contributed by atoms with Crippen molar-refractivity contribution in [1.82, 2.24) is 0 Å². The first-order valence-corrected chi connectivity index (χ1v) is 30.4. The van der Waals surface area contributed by atoms with Gasteiger partial charge < -0.3 is 18.1 Å². The highest BCUT2D eigenvalue weighted by atomic mass is 31.1. The van der Waals surface area contributed by atoms with Crippen molar-refractivity contribution in [1.29, 1.82) is 0 Å². The van der Waals surface area contributed by atoms with Gasteiger partial charge in [0.05, 0.1) is 32.6 Å². The molecule has 0 fully saturated rings. The molecule has 364 valence electrons. The Morgan fingerprint density at radius 2 is 0.500 bits per heavy atom. The molecule has 0 spiro atoms. The fraction of sp³-hybridized carbons (Fsp3) is 0.429. The minimum atomic E-state index is -0.545. The van der Waals surface area contributed by atoms with Gasteiger partial charge in [0.1, 0.15) is 23.0 Å². The molecule has 6 rings (SSSR count). The summed E-state index contributed by atoms with van der Waals surface area (Å²) in [5.74, 6) is 3.70. The molecular formula is C56H96O4P4. The van der Waals surface area contributed by atoms with E-state index >= 15 is 0 Å². The van der Waals surface area contributed by atoms with Crippen molar-refractivity contribution in [3.63, 3.8) is 0 Å². The van der Waals surface area contributed by atoms with Crippen molar-refractivity contribution in [2.45, 2.75) is 113 Å². The van der Waals surface area contributed by atoms with E-state index in [-0.39, 0.29) is 29.7 Å². The van der Waals surface area contributed by atoms with E-state index in [4.69, 9.17) is 18.1 Å². The number of hydrogen-bond donors (Lipinski definition) is 0. The van der Waals surface area contributed by atoms with Crippen LogP contribution in [-0.4, -0.2) is 53.3 Å². The van der Waals surface area contributed by atoms with Gasteiger partial charge in [-0.05, 0) is 99.1 Å². The number of benzene rings is 6. The summed E-state index contributed by atoms with van der Waals surface area (Å²) in [6.45, 7) is 40.9. The van der Waals surface area contributed by atoms with Gasteiger partial charge in [-0.15, -0.1) is 0 Å². The summed E-state index contributed by atoms with van der Waals surface area (Å²) in [5, 5.41) is 4.79. The maximum absolute atomic E-state index is 6.33. The summed E-state index contributed by atoms with van der Waals surface area (Å²) in [7, 11) is -1.98. The summed E-state index contributed by atoms with van der Waals surface area (Å²) < 4.78 is 24.6. The molecule has 0 saturated carbocycles. The molecule has 0 saturated heterocycles. The third-order valence-electron chi connectivity index (χ3n) is 7.22. The van der Waals surface area contributed by atoms with E-state index in [1.807, 2.05) is 119 Å². The molecule has 0 unspecified atom stereocenters. The quantitative estimate of drug-likeness (QED) is 0.128. The van der Waals surface area contributed by atoms with Crippen LogP contribution >= 0.6 is 32.6 Å². The lowest BCUT2D eigenvalue weighted by Crippen LogP contribution is -1.95. The molecule has 6 aromatic carbocycles. The largest absolute Gasteiger partial charge is 0.474 e. The second-order valence-corrected chi connectivity index (χ2v) is 19.2. The van der Waals surface area contributed by atoms with Crippen LogP contribution in [0.3, 0.4) is 0 Å². The summed E-state index contributed by atoms with van der Waals surface area (Å²) in [5.41, 5.74) is 4.43. The molecule has 0 heterocycles. The standard InChI is InChI=1S/C24H24O2P2.C16H20O2P2.6C2H6.4CH4/c1-27(2)25-21-15-13-17-9-5-7-11-19(17)23(21)24-20-12-8-6-10-18(20)14-16-22(24)26-28(3)4;1-19(2)17-15-11-7-5-9-13(15)14-10-6-8-12-16(14)18-20(3)4;6*1-2;;;;/h5-16H,1-4H3;5-12H,1-4H3;6*1-2H3;4*1H4. The molecule has 0 aliphatic heterocycles. The van der Waals surface area contributed by atoms with Gasteiger partial charge in [-0.25, -0.2) is 0 Å². The zero-order chi connectivity index (χ0) is 46.2. The molecule has 0 bridgehead atoms. The highest BCUT2D eigenvalue weighted by molar-refractivity contribution is 7.52. The molecule has 6 aromatic rings. The summed E-state index contributed by atoms with van der Waals surface area (Å²) >= 11 is 0. The van der Waals surface area contributed by atoms with Gasteiger partial charge in [0.25, 0.3) is 0 Å². The Balaban J connectivity index is -0.000000208. The van der Waals surface area contributed by atoms with Gasteiger partial charge in [0.2, 0.25) is 0 Å². The minimum Gasteiger partial charge on any atom is -0.474 e. The highest BCUT2D eigenvalue weighted by Crippen LogP contribution is 2.50. The van der Waals surface area contributed by atoms with Crippen LogP contribution in [0.4, 0.5) is 0 Å². The molecule has 0 aliphatic rings. The first-order chi connectivity index (χ1) is 29.1. The first-order valence-electron chi connectivity index (χ1n) is 21.8. The molecule has 0 aromatic heterocycles. The molecule has 0 N–H and O–H groups in total. The lowest BCUT2D eigenvalue weighted by Gasteiger charge is -2.21. The number of rotatable bonds is 10. The van der Waals surface area contributed by atoms with Gasteiger partial charge in [-0.2, -0.15) is 0 Å². The SMILES string of the molecule is C.C.C.C.CC.CC.CC.CC.CC.CC.CP(C)Oc1ccc2ccccc2c1-c1c(OP(C)C)ccc2ccccc12.CP(C)Oc1ccccc1-c1ccccc1OP(C)C. The van der Waals surface area contributed by atoms with E-state index in [0.29, 0.717) is 0 Å². The fourth-order valence-corrected chi connectivity index (χ4v) is 7.69. The monoisotopic (exact) mass is 957 g/mol. The molecular weight excluding hydrogens is 861 g/mol. The lowest BCUT2D eigenvalue weighted by molar-refractivity contribution is 0.616. The van der Waals surface area contributed by atoms with Gasteiger partial charge in [-0.1, -0.05) is 210 Å². The van der Waals surface area contributed by atoms with E-state index in [1.54, 1.807) is 0 Å². The predicted octanol–water partition coefficient (Wildman–Crippen LogP) is 21.9. The average Bonchev–Trinajstić information content (AvgIpc) is 3.28. The molecule has 0 radical (unpaired) electrons. The Morgan fingerprint density at radius 1 is 0.266 bits per heavy atom. The van der Waals surface area contributed by atoms with Crippen LogP contribution in [0, 0.1) is 0 Å². The van der Waals surface area contributed by atoms with Crippen molar-refractivity contribution >= 4 is 54.1 Å². The van der Waals surface area contributed by atoms with Crippen LogP contribution in [0.15, 0.2) is 121 Å². The Bertz CT molecular complexity index is 1830. The highest BCUT2D eigenvalue weighted by Gasteiger charge is 2.20. The lowest BCUT2D eigenvalue weighted by atomic mass is 9.92. The van der Waals surface area contributed by atoms with Crippen molar-refractivity contribution < 1.29 is 18.1 Å². The van der Waals surface area contributed by atoms with E-state index in [9.17, 15) is 0 Å². The number of hydrogen-bond acceptors (Lipinski definition) is 4. The molecule has 0 aliphatic carbocycles. The summed E-state index contributed by atoms with van der Waals surface area (Å²) in [6, 6.07) is 41.8. The summed E-state index contributed by atoms with van der Waals surface area (Å²) in [4.78, 5) is 0. The Kier molecular flexibility index (Phi) is 49.3. The molecule has 8 heteroatoms. The maximum atomic E-state index is 6.33. The summed E-state index contributed by atoms with van der Waals surface area (Å²) in [6.07, 6.45) is 0. The van der Waals surface area contributed by atoms with Crippen molar-refractivity contribution in [2.24, 2.45) is 0 Å². The minimum absolute atomic E-state index is 0. The zero-order valence-electron chi connectivity index (χ0n) is 41.0. The maximum Gasteiger partial charge on any atom is 0.131 e. The molecule has 0 amide bonds. The van der Waals surface area contributed by atoms with Crippen molar-refractivity contribution in [2.75, 3.05) is 53.3 Å². The predicted molar refractivity (Wildman–Crippen MR) is 311 cm³/mol.